The van der Waals surface area contributed by atoms with Gasteiger partial charge in [0.1, 0.15) is 41.0 Å². The Bertz CT molecular complexity index is 1940. The Labute approximate surface area is 264 Å². The van der Waals surface area contributed by atoms with Crippen LogP contribution in [0.5, 0.6) is 0 Å². The fourth-order valence-corrected chi connectivity index (χ4v) is 7.52. The number of thiazole rings is 1. The molecule has 0 aliphatic carbocycles. The average Bonchev–Trinajstić information content (AvgIpc) is 3.71. The van der Waals surface area contributed by atoms with E-state index >= 15 is 4.39 Å². The highest BCUT2D eigenvalue weighted by Crippen LogP contribution is 2.50. The molecule has 0 radical (unpaired) electrons. The van der Waals surface area contributed by atoms with E-state index in [4.69, 9.17) is 46.3 Å². The summed E-state index contributed by atoms with van der Waals surface area (Å²) in [7, 11) is 0. The highest BCUT2D eigenvalue weighted by molar-refractivity contribution is 8.07. The van der Waals surface area contributed by atoms with Crippen molar-refractivity contribution in [3.8, 4) is 0 Å². The van der Waals surface area contributed by atoms with Crippen LogP contribution in [0.2, 0.25) is 0 Å². The molecule has 7 N–H and O–H groups in total. The lowest BCUT2D eigenvalue weighted by atomic mass is 10.2. The van der Waals surface area contributed by atoms with Gasteiger partial charge < -0.3 is 44.7 Å². The number of aromatic nitrogens is 7. The van der Waals surface area contributed by atoms with Crippen molar-refractivity contribution in [1.82, 2.24) is 34.1 Å². The maximum Gasteiger partial charge on any atom is 0.325 e. The van der Waals surface area contributed by atoms with Crippen molar-refractivity contribution in [2.24, 2.45) is 0 Å². The van der Waals surface area contributed by atoms with E-state index in [1.807, 2.05) is 0 Å². The largest absolute Gasteiger partial charge is 0.382 e. The van der Waals surface area contributed by atoms with Gasteiger partial charge in [0.25, 0.3) is 0 Å². The number of fused-ring (bicyclic) bond motifs is 2. The van der Waals surface area contributed by atoms with Gasteiger partial charge in [0.05, 0.1) is 25.6 Å². The van der Waals surface area contributed by atoms with E-state index < -0.39 is 74.2 Å². The zero-order valence-electron chi connectivity index (χ0n) is 22.3. The minimum Gasteiger partial charge on any atom is -0.382 e. The molecule has 0 amide bonds. The Morgan fingerprint density at radius 1 is 1.00 bits per heavy atom. The Morgan fingerprint density at radius 3 is 2.44 bits per heavy atom. The van der Waals surface area contributed by atoms with Crippen molar-refractivity contribution in [3.63, 3.8) is 0 Å². The molecule has 242 valence electrons. The maximum absolute atomic E-state index is 15.1. The van der Waals surface area contributed by atoms with Gasteiger partial charge in [-0.3, -0.25) is 23.2 Å². The molecule has 0 aromatic carbocycles. The van der Waals surface area contributed by atoms with Crippen LogP contribution in [0.4, 0.5) is 16.0 Å². The normalized spacial score (nSPS) is 27.1. The third-order valence-electron chi connectivity index (χ3n) is 6.70. The summed E-state index contributed by atoms with van der Waals surface area (Å²) in [6.45, 7) is -9.70. The van der Waals surface area contributed by atoms with Gasteiger partial charge in [0.2, 0.25) is 0 Å². The number of nitrogens with two attached hydrogens (primary N) is 2. The Balaban J connectivity index is 1.20. The number of carbonyl (C=O) groups is 1. The van der Waals surface area contributed by atoms with Gasteiger partial charge >= 0.3 is 18.3 Å². The molecule has 4 aromatic rings. The summed E-state index contributed by atoms with van der Waals surface area (Å²) in [6, 6.07) is 0. The van der Waals surface area contributed by atoms with Crippen LogP contribution in [0.15, 0.2) is 23.8 Å². The molecule has 45 heavy (non-hydrogen) atoms. The molecule has 7 atom stereocenters. The van der Waals surface area contributed by atoms with Crippen LogP contribution in [-0.2, 0) is 51.5 Å². The molecule has 6 rings (SSSR count). The van der Waals surface area contributed by atoms with Crippen LogP contribution in [0.3, 0.4) is 0 Å². The molecule has 0 bridgehead atoms. The molecule has 0 saturated carbocycles. The number of hydrogen-bond donors (Lipinski definition) is 5. The summed E-state index contributed by atoms with van der Waals surface area (Å²) < 4.78 is 44.8. The SMILES string of the molecule is Nc1ncnc2c1ncn2[C@@H]1O[C@H](COP(O)(=S)O[C@@H]2C(=O)[C@@H](COP(O)(O)=S)O[C@H]2n2c(=O)sc3c(N)ncnc32)C[C@H]1F. The first kappa shape index (κ1) is 32.4. The number of nitrogens with zero attached hydrogens (tertiary/aromatic N) is 7. The summed E-state index contributed by atoms with van der Waals surface area (Å²) in [5.74, 6) is -0.799. The van der Waals surface area contributed by atoms with Crippen molar-refractivity contribution in [3.05, 3.63) is 28.6 Å². The van der Waals surface area contributed by atoms with E-state index in [0.717, 1.165) is 10.9 Å². The average molecular weight is 726 g/mol. The number of carbonyl (C=O) groups excluding carboxylic acids is 1. The molecule has 2 aliphatic heterocycles. The first-order valence-electron chi connectivity index (χ1n) is 12.6. The van der Waals surface area contributed by atoms with Gasteiger partial charge in [-0.15, -0.1) is 0 Å². The van der Waals surface area contributed by atoms with E-state index in [9.17, 15) is 24.3 Å². The van der Waals surface area contributed by atoms with Gasteiger partial charge in [0, 0.05) is 6.42 Å². The van der Waals surface area contributed by atoms with E-state index in [1.54, 1.807) is 0 Å². The summed E-state index contributed by atoms with van der Waals surface area (Å²) in [6.07, 6.45) is -5.08. The number of anilines is 2. The Hall–Kier alpha value is -2.50. The van der Waals surface area contributed by atoms with Crippen LogP contribution < -0.4 is 16.3 Å². The number of ether oxygens (including phenoxy) is 2. The first-order chi connectivity index (χ1) is 21.2. The summed E-state index contributed by atoms with van der Waals surface area (Å²) in [5.41, 5.74) is 12.2. The number of Topliss-reactive ketones (excluding diaryl/α,β-unsaturated/α-hetero) is 1. The minimum atomic E-state index is -4.33. The summed E-state index contributed by atoms with van der Waals surface area (Å²) in [5, 5.41) is 0. The molecular formula is C20H22FN9O10P2S3. The third kappa shape index (κ3) is 6.54. The molecule has 25 heteroatoms. The second kappa shape index (κ2) is 12.3. The molecule has 6 heterocycles. The molecule has 0 spiro atoms. The maximum atomic E-state index is 15.1. The van der Waals surface area contributed by atoms with Crippen molar-refractivity contribution >= 4 is 87.3 Å². The van der Waals surface area contributed by atoms with Crippen LogP contribution in [0, 0.1) is 0 Å². The Morgan fingerprint density at radius 2 is 1.71 bits per heavy atom. The molecule has 2 fully saturated rings. The van der Waals surface area contributed by atoms with Crippen LogP contribution in [0.1, 0.15) is 18.9 Å². The highest BCUT2D eigenvalue weighted by atomic mass is 32.5. The van der Waals surface area contributed by atoms with Crippen molar-refractivity contribution < 1.29 is 46.9 Å². The molecule has 19 nitrogen and oxygen atoms in total. The predicted octanol–water partition coefficient (Wildman–Crippen LogP) is -0.206. The lowest BCUT2D eigenvalue weighted by Crippen LogP contribution is -2.33. The smallest absolute Gasteiger partial charge is 0.325 e. The van der Waals surface area contributed by atoms with E-state index in [-0.39, 0.29) is 39.6 Å². The lowest BCUT2D eigenvalue weighted by molar-refractivity contribution is -0.127. The van der Waals surface area contributed by atoms with Gasteiger partial charge in [-0.25, -0.2) is 29.3 Å². The quantitative estimate of drug-likeness (QED) is 0.132. The summed E-state index contributed by atoms with van der Waals surface area (Å²) in [4.78, 5) is 75.5. The summed E-state index contributed by atoms with van der Waals surface area (Å²) >= 11 is 10.2. The molecule has 4 aromatic heterocycles. The number of ketones is 1. The third-order valence-corrected chi connectivity index (χ3v) is 10.0. The Kier molecular flexibility index (Phi) is 8.84. The predicted molar refractivity (Wildman–Crippen MR) is 160 cm³/mol. The monoisotopic (exact) mass is 725 g/mol. The lowest BCUT2D eigenvalue weighted by Gasteiger charge is -2.24. The van der Waals surface area contributed by atoms with Crippen LogP contribution >= 0.6 is 24.8 Å². The van der Waals surface area contributed by atoms with E-state index in [1.165, 1.54) is 17.2 Å². The van der Waals surface area contributed by atoms with Crippen molar-refractivity contribution in [1.29, 1.82) is 0 Å². The molecule has 2 saturated heterocycles. The molecule has 1 unspecified atom stereocenters. The van der Waals surface area contributed by atoms with Crippen molar-refractivity contribution in [2.75, 3.05) is 24.7 Å². The zero-order chi connectivity index (χ0) is 32.3. The first-order valence-corrected chi connectivity index (χ1v) is 18.6. The minimum absolute atomic E-state index is 0.00880. The van der Waals surface area contributed by atoms with Crippen LogP contribution in [0.25, 0.3) is 21.5 Å². The van der Waals surface area contributed by atoms with Crippen LogP contribution in [-0.4, -0.2) is 92.2 Å². The van der Waals surface area contributed by atoms with E-state index in [2.05, 4.69) is 36.7 Å². The fourth-order valence-electron chi connectivity index (χ4n) is 4.77. The second-order valence-electron chi connectivity index (χ2n) is 9.63. The number of hydrogen-bond acceptors (Lipinski definition) is 17. The topological polar surface area (TPSA) is 267 Å². The van der Waals surface area contributed by atoms with Crippen molar-refractivity contribution in [2.45, 2.75) is 43.4 Å². The highest BCUT2D eigenvalue weighted by Gasteiger charge is 2.50. The van der Waals surface area contributed by atoms with Gasteiger partial charge in [-0.2, -0.15) is 0 Å². The number of halogens is 1. The number of nitrogen functional groups attached to an aromatic ring is 2. The van der Waals surface area contributed by atoms with Gasteiger partial charge in [-0.1, -0.05) is 11.3 Å². The second-order valence-corrected chi connectivity index (χ2v) is 16.0. The fraction of sp³-hybridized carbons (Fsp3) is 0.450. The zero-order valence-corrected chi connectivity index (χ0v) is 26.5. The number of rotatable bonds is 10. The van der Waals surface area contributed by atoms with E-state index in [0.29, 0.717) is 11.3 Å². The standard InChI is InChI=1S/C20H22FN9O10P2S3/c21-8-1-7(38-18(8)29-6-28-10-14(22)24-4-26-16(10)29)2-37-42(35,44)40-12-11(31)9(3-36-41(33,34)43)39-19(12)30-17-13(45-20(30)32)15(23)25-5-27-17/h4-9,12,18-19H,1-3H2,(H,35,44)(H2,22,24,26)(H2,23,25,27)(H2,33,34,43)/t7-,8+,9+,12+,18+,19+,42?/m0/s1. The van der Waals surface area contributed by atoms with Gasteiger partial charge in [0.15, 0.2) is 41.5 Å². The number of alkyl halides is 1. The van der Waals surface area contributed by atoms with Gasteiger partial charge in [-0.05, 0) is 23.6 Å². The molecule has 2 aliphatic rings. The molecular weight excluding hydrogens is 703 g/mol. The number of imidazole rings is 1.